The van der Waals surface area contributed by atoms with Crippen LogP contribution in [0, 0.1) is 0 Å². The molecule has 8 heteroatoms. The summed E-state index contributed by atoms with van der Waals surface area (Å²) in [4.78, 5) is 35.2. The van der Waals surface area contributed by atoms with Gasteiger partial charge in [-0.25, -0.2) is 4.79 Å². The van der Waals surface area contributed by atoms with Crippen LogP contribution in [0.1, 0.15) is 12.5 Å². The zero-order valence-electron chi connectivity index (χ0n) is 14.9. The summed E-state index contributed by atoms with van der Waals surface area (Å²) in [6, 6.07) is 10.9. The van der Waals surface area contributed by atoms with Crippen LogP contribution in [0.2, 0.25) is 0 Å². The van der Waals surface area contributed by atoms with Gasteiger partial charge in [-0.15, -0.1) is 0 Å². The lowest BCUT2D eigenvalue weighted by atomic mass is 10.0. The number of hydrogen-bond donors (Lipinski definition) is 5. The lowest BCUT2D eigenvalue weighted by Crippen LogP contribution is -2.54. The summed E-state index contributed by atoms with van der Waals surface area (Å²) < 4.78 is 0. The third kappa shape index (κ3) is 5.70. The summed E-state index contributed by atoms with van der Waals surface area (Å²) in [5, 5.41) is 15.9. The number of benzene rings is 2. The number of carbonyl (C=O) groups excluding carboxylic acids is 2. The van der Waals surface area contributed by atoms with Crippen molar-refractivity contribution in [2.24, 2.45) is 5.73 Å². The van der Waals surface area contributed by atoms with E-state index in [1.165, 1.54) is 6.92 Å². The molecule has 0 spiro atoms. The van der Waals surface area contributed by atoms with Gasteiger partial charge in [0.2, 0.25) is 11.8 Å². The molecule has 2 rings (SSSR count). The Balaban J connectivity index is 1.93. The van der Waals surface area contributed by atoms with E-state index in [1.54, 1.807) is 0 Å². The molecule has 27 heavy (non-hydrogen) atoms. The number of aliphatic carboxylic acids is 1. The number of thiol groups is 1. The SMILES string of the molecule is C[C@H](NC(=O)[C@@H](N)Cc1ccc2ccccc2c1)C(=O)N[C@@H](CS)C(=O)O. The molecule has 0 aliphatic carbocycles. The third-order valence-corrected chi connectivity index (χ3v) is 4.52. The first kappa shape index (κ1) is 20.7. The molecular formula is C19H23N3O4S. The zero-order valence-corrected chi connectivity index (χ0v) is 15.8. The van der Waals surface area contributed by atoms with Gasteiger partial charge in [-0.1, -0.05) is 42.5 Å². The van der Waals surface area contributed by atoms with Gasteiger partial charge in [0, 0.05) is 5.75 Å². The molecule has 0 aliphatic rings. The van der Waals surface area contributed by atoms with E-state index >= 15 is 0 Å². The van der Waals surface area contributed by atoms with E-state index in [9.17, 15) is 14.4 Å². The molecule has 0 heterocycles. The average Bonchev–Trinajstić information content (AvgIpc) is 2.65. The maximum atomic E-state index is 12.3. The standard InChI is InChI=1S/C19H23N3O4S/c1-11(17(23)22-16(10-27)19(25)26)21-18(24)15(20)9-12-6-7-13-4-2-3-5-14(13)8-12/h2-8,11,15-16,27H,9-10,20H2,1H3,(H,21,24)(H,22,23)(H,25,26)/t11-,15-,16-/m0/s1. The molecule has 0 radical (unpaired) electrons. The number of carboxylic acids is 1. The Morgan fingerprint density at radius 1 is 1.07 bits per heavy atom. The first-order valence-corrected chi connectivity index (χ1v) is 9.12. The smallest absolute Gasteiger partial charge is 0.327 e. The number of nitrogens with one attached hydrogen (secondary N) is 2. The molecule has 0 aliphatic heterocycles. The average molecular weight is 389 g/mol. The summed E-state index contributed by atoms with van der Waals surface area (Å²) >= 11 is 3.88. The fraction of sp³-hybridized carbons (Fsp3) is 0.316. The largest absolute Gasteiger partial charge is 0.480 e. The predicted molar refractivity (Wildman–Crippen MR) is 107 cm³/mol. The molecule has 0 saturated heterocycles. The number of carboxylic acid groups (broad SMARTS) is 1. The Morgan fingerprint density at radius 3 is 2.37 bits per heavy atom. The Hall–Kier alpha value is -2.58. The first-order chi connectivity index (χ1) is 12.8. The summed E-state index contributed by atoms with van der Waals surface area (Å²) in [5.41, 5.74) is 6.88. The van der Waals surface area contributed by atoms with Gasteiger partial charge in [-0.05, 0) is 29.7 Å². The first-order valence-electron chi connectivity index (χ1n) is 8.49. The minimum Gasteiger partial charge on any atom is -0.480 e. The summed E-state index contributed by atoms with van der Waals surface area (Å²) in [7, 11) is 0. The Kier molecular flexibility index (Phi) is 7.20. The highest BCUT2D eigenvalue weighted by Crippen LogP contribution is 2.16. The molecule has 0 fully saturated rings. The monoisotopic (exact) mass is 389 g/mol. The van der Waals surface area contributed by atoms with Crippen LogP contribution in [0.15, 0.2) is 42.5 Å². The second kappa shape index (κ2) is 9.38. The molecule has 0 unspecified atom stereocenters. The van der Waals surface area contributed by atoms with Crippen molar-refractivity contribution in [1.82, 2.24) is 10.6 Å². The Bertz CT molecular complexity index is 843. The van der Waals surface area contributed by atoms with Gasteiger partial charge < -0.3 is 21.5 Å². The van der Waals surface area contributed by atoms with Crippen molar-refractivity contribution < 1.29 is 19.5 Å². The lowest BCUT2D eigenvalue weighted by molar-refractivity contribution is -0.141. The van der Waals surface area contributed by atoms with Crippen molar-refractivity contribution in [2.45, 2.75) is 31.5 Å². The molecule has 144 valence electrons. The van der Waals surface area contributed by atoms with E-state index in [4.69, 9.17) is 10.8 Å². The van der Waals surface area contributed by atoms with E-state index < -0.39 is 35.9 Å². The van der Waals surface area contributed by atoms with Gasteiger partial charge in [0.25, 0.3) is 0 Å². The van der Waals surface area contributed by atoms with E-state index in [0.29, 0.717) is 6.42 Å². The van der Waals surface area contributed by atoms with Crippen molar-refractivity contribution in [2.75, 3.05) is 5.75 Å². The van der Waals surface area contributed by atoms with E-state index in [1.807, 2.05) is 42.5 Å². The van der Waals surface area contributed by atoms with Gasteiger partial charge in [0.05, 0.1) is 6.04 Å². The fourth-order valence-electron chi connectivity index (χ4n) is 2.58. The lowest BCUT2D eigenvalue weighted by Gasteiger charge is -2.19. The molecule has 2 amide bonds. The quantitative estimate of drug-likeness (QED) is 0.426. The zero-order chi connectivity index (χ0) is 20.0. The molecular weight excluding hydrogens is 366 g/mol. The van der Waals surface area contributed by atoms with Crippen LogP contribution >= 0.6 is 12.6 Å². The topological polar surface area (TPSA) is 122 Å². The van der Waals surface area contributed by atoms with E-state index in [2.05, 4.69) is 23.3 Å². The van der Waals surface area contributed by atoms with E-state index in [-0.39, 0.29) is 5.75 Å². The van der Waals surface area contributed by atoms with Crippen LogP contribution in [-0.2, 0) is 20.8 Å². The van der Waals surface area contributed by atoms with Crippen LogP contribution in [0.25, 0.3) is 10.8 Å². The van der Waals surface area contributed by atoms with Crippen LogP contribution in [0.5, 0.6) is 0 Å². The van der Waals surface area contributed by atoms with Crippen molar-refractivity contribution in [3.8, 4) is 0 Å². The molecule has 3 atom stereocenters. The second-order valence-electron chi connectivity index (χ2n) is 6.30. The van der Waals surface area contributed by atoms with Gasteiger partial charge in [-0.3, -0.25) is 9.59 Å². The van der Waals surface area contributed by atoms with Crippen LogP contribution in [-0.4, -0.2) is 46.8 Å². The minimum absolute atomic E-state index is 0.0524. The number of fused-ring (bicyclic) bond motifs is 1. The molecule has 0 saturated carbocycles. The maximum Gasteiger partial charge on any atom is 0.327 e. The van der Waals surface area contributed by atoms with Gasteiger partial charge in [0.15, 0.2) is 0 Å². The molecule has 0 bridgehead atoms. The minimum atomic E-state index is -1.19. The molecule has 0 aromatic heterocycles. The number of carbonyl (C=O) groups is 3. The van der Waals surface area contributed by atoms with Crippen molar-refractivity contribution in [1.29, 1.82) is 0 Å². The Labute approximate surface area is 162 Å². The highest BCUT2D eigenvalue weighted by Gasteiger charge is 2.24. The molecule has 2 aromatic rings. The molecule has 7 nitrogen and oxygen atoms in total. The number of amides is 2. The van der Waals surface area contributed by atoms with Crippen molar-refractivity contribution in [3.63, 3.8) is 0 Å². The predicted octanol–water partition coefficient (Wildman–Crippen LogP) is 0.713. The van der Waals surface area contributed by atoms with Gasteiger partial charge >= 0.3 is 5.97 Å². The van der Waals surface area contributed by atoms with Gasteiger partial charge in [0.1, 0.15) is 12.1 Å². The highest BCUT2D eigenvalue weighted by atomic mass is 32.1. The van der Waals surface area contributed by atoms with E-state index in [0.717, 1.165) is 16.3 Å². The normalized spacial score (nSPS) is 14.2. The highest BCUT2D eigenvalue weighted by molar-refractivity contribution is 7.80. The number of hydrogen-bond acceptors (Lipinski definition) is 5. The summed E-state index contributed by atoms with van der Waals surface area (Å²) in [6.07, 6.45) is 0.319. The number of nitrogens with two attached hydrogens (primary N) is 1. The van der Waals surface area contributed by atoms with Crippen molar-refractivity contribution >= 4 is 41.2 Å². The Morgan fingerprint density at radius 2 is 1.74 bits per heavy atom. The fourth-order valence-corrected chi connectivity index (χ4v) is 2.83. The van der Waals surface area contributed by atoms with Crippen LogP contribution < -0.4 is 16.4 Å². The second-order valence-corrected chi connectivity index (χ2v) is 6.67. The van der Waals surface area contributed by atoms with Crippen LogP contribution in [0.4, 0.5) is 0 Å². The number of rotatable bonds is 8. The summed E-state index contributed by atoms with van der Waals surface area (Å²) in [5.74, 6) is -2.33. The summed E-state index contributed by atoms with van der Waals surface area (Å²) in [6.45, 7) is 1.47. The molecule has 5 N–H and O–H groups in total. The van der Waals surface area contributed by atoms with Crippen molar-refractivity contribution in [3.05, 3.63) is 48.0 Å². The third-order valence-electron chi connectivity index (χ3n) is 4.16. The maximum absolute atomic E-state index is 12.3. The molecule has 2 aromatic carbocycles. The van der Waals surface area contributed by atoms with Crippen LogP contribution in [0.3, 0.4) is 0 Å². The van der Waals surface area contributed by atoms with Gasteiger partial charge in [-0.2, -0.15) is 12.6 Å².